The Balaban J connectivity index is 1.47. The molecule has 7 nitrogen and oxygen atoms in total. The van der Waals surface area contributed by atoms with Crippen molar-refractivity contribution in [1.29, 1.82) is 0 Å². The van der Waals surface area contributed by atoms with Crippen molar-refractivity contribution in [2.45, 2.75) is 64.2 Å². The summed E-state index contributed by atoms with van der Waals surface area (Å²) in [6.45, 7) is 8.04. The summed E-state index contributed by atoms with van der Waals surface area (Å²) < 4.78 is 15.6. The number of hydrogen-bond donors (Lipinski definition) is 2. The van der Waals surface area contributed by atoms with E-state index in [-0.39, 0.29) is 11.5 Å². The van der Waals surface area contributed by atoms with Gasteiger partial charge in [-0.3, -0.25) is 9.59 Å². The Labute approximate surface area is 209 Å². The average Bonchev–Trinajstić information content (AvgIpc) is 3.62. The average molecular weight is 491 g/mol. The van der Waals surface area contributed by atoms with E-state index >= 15 is 4.39 Å². The number of aryl methyl sites for hydroxylation is 2. The third-order valence-electron chi connectivity index (χ3n) is 7.86. The Morgan fingerprint density at radius 1 is 1.19 bits per heavy atom. The molecular weight excluding hydrogens is 459 g/mol. The maximum Gasteiger partial charge on any atom is 0.314 e. The van der Waals surface area contributed by atoms with Gasteiger partial charge < -0.3 is 15.3 Å². The number of likely N-dealkylation sites (N-methyl/N-ethyl adjacent to an activating group) is 1. The molecule has 1 aliphatic carbocycles. The van der Waals surface area contributed by atoms with Crippen molar-refractivity contribution in [1.82, 2.24) is 9.97 Å². The molecule has 0 radical (unpaired) electrons. The highest BCUT2D eigenvalue weighted by Gasteiger charge is 2.53. The fourth-order valence-corrected chi connectivity index (χ4v) is 5.50. The monoisotopic (exact) mass is 490 g/mol. The van der Waals surface area contributed by atoms with Crippen LogP contribution >= 0.6 is 0 Å². The highest BCUT2D eigenvalue weighted by Crippen LogP contribution is 2.50. The molecule has 2 aliphatic rings. The number of rotatable bonds is 7. The molecule has 5 rings (SSSR count). The molecule has 36 heavy (non-hydrogen) atoms. The van der Waals surface area contributed by atoms with Crippen LogP contribution in [0.15, 0.2) is 24.3 Å². The number of amides is 1. The summed E-state index contributed by atoms with van der Waals surface area (Å²) in [5.41, 5.74) is 2.53. The number of hydrogen-bond acceptors (Lipinski definition) is 5. The molecule has 0 saturated heterocycles. The van der Waals surface area contributed by atoms with E-state index in [9.17, 15) is 14.7 Å². The van der Waals surface area contributed by atoms with Gasteiger partial charge in [0.15, 0.2) is 0 Å². The Morgan fingerprint density at radius 3 is 2.56 bits per heavy atom. The van der Waals surface area contributed by atoms with Crippen LogP contribution in [0.4, 0.5) is 15.9 Å². The van der Waals surface area contributed by atoms with Gasteiger partial charge in [-0.05, 0) is 75.3 Å². The smallest absolute Gasteiger partial charge is 0.314 e. The van der Waals surface area contributed by atoms with Crippen molar-refractivity contribution in [3.8, 4) is 0 Å². The SMILES string of the molecule is CCc1ccc(C2(C(=O)O)CC2)c(F)c1CCNc1nc(C)nc2cc3c(cc12)N(C)C(=O)C3(C)C. The van der Waals surface area contributed by atoms with Crippen LogP contribution in [0.3, 0.4) is 0 Å². The highest BCUT2D eigenvalue weighted by atomic mass is 19.1. The van der Waals surface area contributed by atoms with Gasteiger partial charge >= 0.3 is 5.97 Å². The van der Waals surface area contributed by atoms with Crippen molar-refractivity contribution in [3.05, 3.63) is 58.2 Å². The van der Waals surface area contributed by atoms with E-state index in [2.05, 4.69) is 15.3 Å². The van der Waals surface area contributed by atoms with E-state index in [4.69, 9.17) is 0 Å². The van der Waals surface area contributed by atoms with Gasteiger partial charge in [0.2, 0.25) is 5.91 Å². The van der Waals surface area contributed by atoms with Crippen molar-refractivity contribution in [3.63, 3.8) is 0 Å². The van der Waals surface area contributed by atoms with E-state index in [0.717, 1.165) is 27.7 Å². The first-order valence-corrected chi connectivity index (χ1v) is 12.4. The first-order chi connectivity index (χ1) is 17.0. The van der Waals surface area contributed by atoms with Crippen LogP contribution in [0.2, 0.25) is 0 Å². The van der Waals surface area contributed by atoms with Gasteiger partial charge in [0.25, 0.3) is 0 Å². The van der Waals surface area contributed by atoms with Crippen LogP contribution in [-0.4, -0.2) is 40.5 Å². The third kappa shape index (κ3) is 3.53. The lowest BCUT2D eigenvalue weighted by Crippen LogP contribution is -2.33. The van der Waals surface area contributed by atoms with Crippen LogP contribution < -0.4 is 10.2 Å². The summed E-state index contributed by atoms with van der Waals surface area (Å²) in [6.07, 6.45) is 1.98. The molecule has 2 aromatic carbocycles. The summed E-state index contributed by atoms with van der Waals surface area (Å²) in [7, 11) is 1.77. The van der Waals surface area contributed by atoms with Crippen LogP contribution in [0.25, 0.3) is 10.9 Å². The normalized spacial score (nSPS) is 17.4. The van der Waals surface area contributed by atoms with E-state index in [0.29, 0.717) is 49.4 Å². The summed E-state index contributed by atoms with van der Waals surface area (Å²) >= 11 is 0. The first kappa shape index (κ1) is 24.2. The number of nitrogens with zero attached hydrogens (tertiary/aromatic N) is 3. The lowest BCUT2D eigenvalue weighted by Gasteiger charge is -2.18. The number of benzene rings is 2. The first-order valence-electron chi connectivity index (χ1n) is 12.4. The zero-order valence-electron chi connectivity index (χ0n) is 21.3. The van der Waals surface area contributed by atoms with Crippen LogP contribution in [-0.2, 0) is 33.3 Å². The minimum absolute atomic E-state index is 0.0317. The van der Waals surface area contributed by atoms with E-state index in [1.807, 2.05) is 45.9 Å². The number of carbonyl (C=O) groups excluding carboxylic acids is 1. The predicted octanol–water partition coefficient (Wildman–Crippen LogP) is 4.66. The zero-order valence-corrected chi connectivity index (χ0v) is 21.3. The number of fused-ring (bicyclic) bond motifs is 2. The Hall–Kier alpha value is -3.55. The number of anilines is 2. The summed E-state index contributed by atoms with van der Waals surface area (Å²) in [5.74, 6) is -0.106. The summed E-state index contributed by atoms with van der Waals surface area (Å²) in [4.78, 5) is 35.5. The number of aromatic nitrogens is 2. The summed E-state index contributed by atoms with van der Waals surface area (Å²) in [5, 5.41) is 13.8. The molecule has 0 unspecified atom stereocenters. The van der Waals surface area contributed by atoms with Gasteiger partial charge in [-0.1, -0.05) is 19.1 Å². The number of aliphatic carboxylic acids is 1. The molecule has 1 amide bonds. The van der Waals surface area contributed by atoms with Crippen molar-refractivity contribution >= 4 is 34.3 Å². The standard InChI is InChI=1S/C28H31FN4O3/c1-6-16-7-8-19(28(10-11-28)26(35)36)23(29)17(16)9-12-30-24-18-13-22-20(14-21(18)31-15(2)32-24)27(3,4)25(34)33(22)5/h7-8,13-14H,6,9-12H2,1-5H3,(H,35,36)(H,30,31,32). The number of carboxylic acid groups (broad SMARTS) is 1. The molecule has 1 saturated carbocycles. The molecule has 2 N–H and O–H groups in total. The number of halogens is 1. The molecule has 1 fully saturated rings. The molecular formula is C28H31FN4O3. The second-order valence-corrected chi connectivity index (χ2v) is 10.5. The largest absolute Gasteiger partial charge is 0.481 e. The minimum atomic E-state index is -1.09. The van der Waals surface area contributed by atoms with E-state index < -0.39 is 22.6 Å². The maximum atomic E-state index is 15.6. The van der Waals surface area contributed by atoms with Gasteiger partial charge in [-0.25, -0.2) is 14.4 Å². The van der Waals surface area contributed by atoms with Crippen LogP contribution in [0.1, 0.15) is 61.7 Å². The summed E-state index contributed by atoms with van der Waals surface area (Å²) in [6, 6.07) is 7.42. The van der Waals surface area contributed by atoms with Crippen LogP contribution in [0.5, 0.6) is 0 Å². The van der Waals surface area contributed by atoms with Crippen molar-refractivity contribution in [2.75, 3.05) is 23.8 Å². The lowest BCUT2D eigenvalue weighted by molar-refractivity contribution is -0.140. The predicted molar refractivity (Wildman–Crippen MR) is 137 cm³/mol. The van der Waals surface area contributed by atoms with Gasteiger partial charge in [0.05, 0.1) is 16.3 Å². The second kappa shape index (κ2) is 8.25. The fourth-order valence-electron chi connectivity index (χ4n) is 5.50. The molecule has 0 bridgehead atoms. The molecule has 2 heterocycles. The number of carboxylic acids is 1. The van der Waals surface area contributed by atoms with E-state index in [1.165, 1.54) is 0 Å². The maximum absolute atomic E-state index is 15.6. The second-order valence-electron chi connectivity index (χ2n) is 10.5. The topological polar surface area (TPSA) is 95.4 Å². The van der Waals surface area contributed by atoms with Gasteiger partial charge in [-0.2, -0.15) is 0 Å². The molecule has 0 atom stereocenters. The highest BCUT2D eigenvalue weighted by molar-refractivity contribution is 6.10. The lowest BCUT2D eigenvalue weighted by atomic mass is 9.86. The van der Waals surface area contributed by atoms with Gasteiger partial charge in [-0.15, -0.1) is 0 Å². The Kier molecular flexibility index (Phi) is 5.54. The van der Waals surface area contributed by atoms with Crippen molar-refractivity contribution < 1.29 is 19.1 Å². The molecule has 8 heteroatoms. The number of nitrogens with one attached hydrogen (secondary N) is 1. The Bertz CT molecular complexity index is 1430. The molecule has 1 aromatic heterocycles. The molecule has 188 valence electrons. The van der Waals surface area contributed by atoms with Crippen molar-refractivity contribution in [2.24, 2.45) is 0 Å². The molecule has 3 aromatic rings. The minimum Gasteiger partial charge on any atom is -0.481 e. The third-order valence-corrected chi connectivity index (χ3v) is 7.86. The molecule has 0 spiro atoms. The molecule has 1 aliphatic heterocycles. The number of carbonyl (C=O) groups is 2. The van der Waals surface area contributed by atoms with Crippen LogP contribution in [0, 0.1) is 12.7 Å². The van der Waals surface area contributed by atoms with Gasteiger partial charge in [0, 0.05) is 30.2 Å². The van der Waals surface area contributed by atoms with E-state index in [1.54, 1.807) is 18.0 Å². The fraction of sp³-hybridized carbons (Fsp3) is 0.429. The van der Waals surface area contributed by atoms with Gasteiger partial charge in [0.1, 0.15) is 17.5 Å². The zero-order chi connectivity index (χ0) is 26.0. The quantitative estimate of drug-likeness (QED) is 0.500. The Morgan fingerprint density at radius 2 is 1.92 bits per heavy atom.